The van der Waals surface area contributed by atoms with Crippen LogP contribution in [0, 0.1) is 0 Å². The Morgan fingerprint density at radius 2 is 2.31 bits per heavy atom. The van der Waals surface area contributed by atoms with Crippen molar-refractivity contribution in [3.8, 4) is 0 Å². The molecule has 1 unspecified atom stereocenters. The molecule has 0 saturated heterocycles. The first kappa shape index (κ1) is 12.4. The highest BCUT2D eigenvalue weighted by molar-refractivity contribution is 5.76. The van der Waals surface area contributed by atoms with Gasteiger partial charge in [-0.1, -0.05) is 0 Å². The van der Waals surface area contributed by atoms with Gasteiger partial charge in [0.15, 0.2) is 0 Å². The van der Waals surface area contributed by atoms with Crippen molar-refractivity contribution >= 4 is 5.91 Å². The Bertz CT molecular complexity index is 139. The fourth-order valence-electron chi connectivity index (χ4n) is 0.953. The standard InChI is InChI=1S/C9H19NO3/c1-8(5-7-13-2)10-9(12)4-3-6-11/h8,11H,3-7H2,1-2H3,(H,10,12). The van der Waals surface area contributed by atoms with Gasteiger partial charge in [0.05, 0.1) is 0 Å². The highest BCUT2D eigenvalue weighted by Crippen LogP contribution is 1.93. The lowest BCUT2D eigenvalue weighted by Crippen LogP contribution is -2.33. The Labute approximate surface area is 79.3 Å². The molecule has 0 fully saturated rings. The predicted octanol–water partition coefficient (Wildman–Crippen LogP) is 0.300. The summed E-state index contributed by atoms with van der Waals surface area (Å²) < 4.78 is 4.88. The van der Waals surface area contributed by atoms with Gasteiger partial charge >= 0.3 is 0 Å². The van der Waals surface area contributed by atoms with Crippen LogP contribution in [0.25, 0.3) is 0 Å². The second-order valence-electron chi connectivity index (χ2n) is 3.08. The van der Waals surface area contributed by atoms with Gasteiger partial charge in [0.25, 0.3) is 0 Å². The van der Waals surface area contributed by atoms with E-state index in [0.29, 0.717) is 19.4 Å². The molecule has 1 amide bonds. The zero-order chi connectivity index (χ0) is 10.1. The number of methoxy groups -OCH3 is 1. The summed E-state index contributed by atoms with van der Waals surface area (Å²) in [5, 5.41) is 11.3. The number of carbonyl (C=O) groups is 1. The van der Waals surface area contributed by atoms with E-state index in [2.05, 4.69) is 5.32 Å². The molecular formula is C9H19NO3. The monoisotopic (exact) mass is 189 g/mol. The molecule has 0 aliphatic rings. The Morgan fingerprint density at radius 1 is 1.62 bits per heavy atom. The normalized spacial score (nSPS) is 12.5. The van der Waals surface area contributed by atoms with Gasteiger partial charge in [-0.2, -0.15) is 0 Å². The lowest BCUT2D eigenvalue weighted by molar-refractivity contribution is -0.122. The summed E-state index contributed by atoms with van der Waals surface area (Å²) in [7, 11) is 1.64. The summed E-state index contributed by atoms with van der Waals surface area (Å²) in [6.45, 7) is 2.66. The second kappa shape index (κ2) is 8.01. The van der Waals surface area contributed by atoms with Crippen molar-refractivity contribution in [3.63, 3.8) is 0 Å². The molecule has 2 N–H and O–H groups in total. The van der Waals surface area contributed by atoms with Crippen LogP contribution in [0.4, 0.5) is 0 Å². The maximum absolute atomic E-state index is 11.1. The molecular weight excluding hydrogens is 170 g/mol. The zero-order valence-corrected chi connectivity index (χ0v) is 8.38. The lowest BCUT2D eigenvalue weighted by Gasteiger charge is -2.12. The van der Waals surface area contributed by atoms with Crippen molar-refractivity contribution in [2.75, 3.05) is 20.3 Å². The third-order valence-electron chi connectivity index (χ3n) is 1.72. The summed E-state index contributed by atoms with van der Waals surface area (Å²) >= 11 is 0. The van der Waals surface area contributed by atoms with E-state index in [1.54, 1.807) is 7.11 Å². The molecule has 0 aromatic carbocycles. The predicted molar refractivity (Wildman–Crippen MR) is 50.4 cm³/mol. The first-order valence-corrected chi connectivity index (χ1v) is 4.60. The Kier molecular flexibility index (Phi) is 7.63. The maximum Gasteiger partial charge on any atom is 0.220 e. The summed E-state index contributed by atoms with van der Waals surface area (Å²) in [5.41, 5.74) is 0. The van der Waals surface area contributed by atoms with Gasteiger partial charge in [0, 0.05) is 32.8 Å². The molecule has 0 rings (SSSR count). The summed E-state index contributed by atoms with van der Waals surface area (Å²) in [5.74, 6) is -0.00217. The van der Waals surface area contributed by atoms with Gasteiger partial charge in [-0.15, -0.1) is 0 Å². The van der Waals surface area contributed by atoms with Crippen molar-refractivity contribution in [1.82, 2.24) is 5.32 Å². The van der Waals surface area contributed by atoms with Crippen molar-refractivity contribution in [2.45, 2.75) is 32.2 Å². The quantitative estimate of drug-likeness (QED) is 0.605. The van der Waals surface area contributed by atoms with E-state index >= 15 is 0 Å². The van der Waals surface area contributed by atoms with Gasteiger partial charge < -0.3 is 15.2 Å². The fourth-order valence-corrected chi connectivity index (χ4v) is 0.953. The van der Waals surface area contributed by atoms with E-state index in [1.807, 2.05) is 6.92 Å². The molecule has 4 nitrogen and oxygen atoms in total. The highest BCUT2D eigenvalue weighted by atomic mass is 16.5. The number of aliphatic hydroxyl groups is 1. The van der Waals surface area contributed by atoms with Crippen molar-refractivity contribution in [1.29, 1.82) is 0 Å². The van der Waals surface area contributed by atoms with Crippen LogP contribution in [-0.4, -0.2) is 37.4 Å². The number of nitrogens with one attached hydrogen (secondary N) is 1. The van der Waals surface area contributed by atoms with E-state index in [4.69, 9.17) is 9.84 Å². The third kappa shape index (κ3) is 7.74. The average Bonchev–Trinajstić information content (AvgIpc) is 2.11. The largest absolute Gasteiger partial charge is 0.396 e. The number of rotatable bonds is 7. The van der Waals surface area contributed by atoms with E-state index < -0.39 is 0 Å². The topological polar surface area (TPSA) is 58.6 Å². The van der Waals surface area contributed by atoms with Crippen LogP contribution in [0.5, 0.6) is 0 Å². The molecule has 0 heterocycles. The summed E-state index contributed by atoms with van der Waals surface area (Å²) in [4.78, 5) is 11.1. The molecule has 0 aliphatic carbocycles. The van der Waals surface area contributed by atoms with Gasteiger partial charge in [-0.3, -0.25) is 4.79 Å². The van der Waals surface area contributed by atoms with Crippen LogP contribution in [0.1, 0.15) is 26.2 Å². The molecule has 0 radical (unpaired) electrons. The molecule has 0 spiro atoms. The minimum absolute atomic E-state index is 0.00217. The number of carbonyl (C=O) groups excluding carboxylic acids is 1. The summed E-state index contributed by atoms with van der Waals surface area (Å²) in [6, 6.07) is 0.145. The Morgan fingerprint density at radius 3 is 2.85 bits per heavy atom. The SMILES string of the molecule is COCCC(C)NC(=O)CCCO. The van der Waals surface area contributed by atoms with Crippen LogP contribution >= 0.6 is 0 Å². The van der Waals surface area contributed by atoms with E-state index in [0.717, 1.165) is 6.42 Å². The van der Waals surface area contributed by atoms with Gasteiger partial charge in [0.2, 0.25) is 5.91 Å². The first-order valence-electron chi connectivity index (χ1n) is 4.60. The van der Waals surface area contributed by atoms with E-state index in [1.165, 1.54) is 0 Å². The summed E-state index contributed by atoms with van der Waals surface area (Å²) in [6.07, 6.45) is 1.75. The Hall–Kier alpha value is -0.610. The van der Waals surface area contributed by atoms with Crippen LogP contribution in [0.15, 0.2) is 0 Å². The molecule has 0 aromatic rings. The zero-order valence-electron chi connectivity index (χ0n) is 8.38. The number of amides is 1. The van der Waals surface area contributed by atoms with Gasteiger partial charge in [-0.05, 0) is 19.8 Å². The minimum atomic E-state index is -0.00217. The van der Waals surface area contributed by atoms with Crippen molar-refractivity contribution in [2.24, 2.45) is 0 Å². The van der Waals surface area contributed by atoms with Crippen LogP contribution < -0.4 is 5.32 Å². The second-order valence-corrected chi connectivity index (χ2v) is 3.08. The number of ether oxygens (including phenoxy) is 1. The minimum Gasteiger partial charge on any atom is -0.396 e. The van der Waals surface area contributed by atoms with Gasteiger partial charge in [0.1, 0.15) is 0 Å². The van der Waals surface area contributed by atoms with Crippen LogP contribution in [0.3, 0.4) is 0 Å². The molecule has 0 bridgehead atoms. The van der Waals surface area contributed by atoms with E-state index in [-0.39, 0.29) is 18.6 Å². The van der Waals surface area contributed by atoms with E-state index in [9.17, 15) is 4.79 Å². The van der Waals surface area contributed by atoms with Gasteiger partial charge in [-0.25, -0.2) is 0 Å². The molecule has 0 saturated carbocycles. The molecule has 0 aromatic heterocycles. The van der Waals surface area contributed by atoms with Crippen LogP contribution in [0.2, 0.25) is 0 Å². The van der Waals surface area contributed by atoms with Crippen molar-refractivity contribution < 1.29 is 14.6 Å². The molecule has 4 heteroatoms. The molecule has 13 heavy (non-hydrogen) atoms. The number of hydrogen-bond donors (Lipinski definition) is 2. The number of aliphatic hydroxyl groups excluding tert-OH is 1. The molecule has 1 atom stereocenters. The maximum atomic E-state index is 11.1. The van der Waals surface area contributed by atoms with Crippen LogP contribution in [-0.2, 0) is 9.53 Å². The first-order chi connectivity index (χ1) is 6.20. The molecule has 78 valence electrons. The lowest BCUT2D eigenvalue weighted by atomic mass is 10.2. The average molecular weight is 189 g/mol. The highest BCUT2D eigenvalue weighted by Gasteiger charge is 2.05. The fraction of sp³-hybridized carbons (Fsp3) is 0.889. The van der Waals surface area contributed by atoms with Crippen molar-refractivity contribution in [3.05, 3.63) is 0 Å². The number of hydrogen-bond acceptors (Lipinski definition) is 3. The smallest absolute Gasteiger partial charge is 0.220 e. The third-order valence-corrected chi connectivity index (χ3v) is 1.72. The Balaban J connectivity index is 3.41. The molecule has 0 aliphatic heterocycles.